The quantitative estimate of drug-likeness (QED) is 0.789. The van der Waals surface area contributed by atoms with E-state index in [9.17, 15) is 0 Å². The van der Waals surface area contributed by atoms with Gasteiger partial charge < -0.3 is 4.74 Å². The Kier molecular flexibility index (Phi) is 4.33. The van der Waals surface area contributed by atoms with Crippen LogP contribution in [-0.2, 0) is 18.3 Å². The highest BCUT2D eigenvalue weighted by atomic mass is 16.5. The van der Waals surface area contributed by atoms with E-state index in [0.717, 1.165) is 42.3 Å². The molecular weight excluding hydrogens is 316 g/mol. The van der Waals surface area contributed by atoms with Crippen LogP contribution < -0.4 is 0 Å². The maximum absolute atomic E-state index is 5.99. The number of aromatic amines is 1. The third-order valence-corrected chi connectivity index (χ3v) is 4.55. The Morgan fingerprint density at radius 2 is 2.28 bits per heavy atom. The molecule has 1 saturated heterocycles. The van der Waals surface area contributed by atoms with E-state index >= 15 is 0 Å². The largest absolute Gasteiger partial charge is 0.369 e. The summed E-state index contributed by atoms with van der Waals surface area (Å²) in [5, 5.41) is 11.3. The summed E-state index contributed by atoms with van der Waals surface area (Å²) in [5.41, 5.74) is 5.22. The predicted octanol–water partition coefficient (Wildman–Crippen LogP) is 2.09. The molecule has 0 radical (unpaired) electrons. The van der Waals surface area contributed by atoms with Crippen molar-refractivity contribution in [3.05, 3.63) is 53.7 Å². The molecule has 3 aromatic rings. The van der Waals surface area contributed by atoms with Crippen molar-refractivity contribution in [3.63, 3.8) is 0 Å². The standard InChI is InChI=1S/C18H22N6O/c1-13-15(10-23(2)22-13)11-24-6-7-25-18(12-24)17-5-3-4-16(21-17)14-8-19-20-9-14/h3-5,8-10,18H,6-7,11-12H2,1-2H3,(H,19,20)/t18-/m1/s1. The van der Waals surface area contributed by atoms with Gasteiger partial charge in [0.25, 0.3) is 0 Å². The van der Waals surface area contributed by atoms with Crippen molar-refractivity contribution in [1.82, 2.24) is 29.9 Å². The van der Waals surface area contributed by atoms with E-state index in [1.165, 1.54) is 5.56 Å². The zero-order valence-corrected chi connectivity index (χ0v) is 14.5. The fourth-order valence-electron chi connectivity index (χ4n) is 3.25. The second kappa shape index (κ2) is 6.78. The van der Waals surface area contributed by atoms with E-state index in [-0.39, 0.29) is 6.10 Å². The molecule has 7 nitrogen and oxygen atoms in total. The third-order valence-electron chi connectivity index (χ3n) is 4.55. The van der Waals surface area contributed by atoms with Crippen molar-refractivity contribution in [2.75, 3.05) is 19.7 Å². The molecule has 0 saturated carbocycles. The predicted molar refractivity (Wildman–Crippen MR) is 93.7 cm³/mol. The van der Waals surface area contributed by atoms with Gasteiger partial charge in [0.2, 0.25) is 0 Å². The fraction of sp³-hybridized carbons (Fsp3) is 0.389. The smallest absolute Gasteiger partial charge is 0.112 e. The summed E-state index contributed by atoms with van der Waals surface area (Å²) >= 11 is 0. The highest BCUT2D eigenvalue weighted by Crippen LogP contribution is 2.24. The van der Waals surface area contributed by atoms with Gasteiger partial charge in [-0.15, -0.1) is 0 Å². The van der Waals surface area contributed by atoms with Crippen molar-refractivity contribution < 1.29 is 4.74 Å². The molecule has 3 aromatic heterocycles. The minimum atomic E-state index is -0.0161. The lowest BCUT2D eigenvalue weighted by Gasteiger charge is -2.32. The average Bonchev–Trinajstić information content (AvgIpc) is 3.26. The number of nitrogens with one attached hydrogen (secondary N) is 1. The first kappa shape index (κ1) is 16.0. The number of rotatable bonds is 4. The number of H-pyrrole nitrogens is 1. The van der Waals surface area contributed by atoms with Crippen molar-refractivity contribution >= 4 is 0 Å². The molecule has 4 rings (SSSR count). The molecule has 1 aliphatic rings. The van der Waals surface area contributed by atoms with Crippen molar-refractivity contribution in [2.45, 2.75) is 19.6 Å². The van der Waals surface area contributed by atoms with Crippen LogP contribution >= 0.6 is 0 Å². The monoisotopic (exact) mass is 338 g/mol. The van der Waals surface area contributed by atoms with Gasteiger partial charge in [-0.1, -0.05) is 6.07 Å². The lowest BCUT2D eigenvalue weighted by atomic mass is 10.1. The zero-order valence-electron chi connectivity index (χ0n) is 14.5. The lowest BCUT2D eigenvalue weighted by Crippen LogP contribution is -2.38. The SMILES string of the molecule is Cc1nn(C)cc1CN1CCO[C@@H](c2cccc(-c3cn[nH]c3)n2)C1. The van der Waals surface area contributed by atoms with Crippen LogP contribution in [0.15, 0.2) is 36.8 Å². The number of morpholine rings is 1. The Bertz CT molecular complexity index is 841. The first-order valence-corrected chi connectivity index (χ1v) is 8.48. The summed E-state index contributed by atoms with van der Waals surface area (Å²) < 4.78 is 7.86. The van der Waals surface area contributed by atoms with Crippen LogP contribution in [0.2, 0.25) is 0 Å². The van der Waals surface area contributed by atoms with Crippen LogP contribution in [0.1, 0.15) is 23.1 Å². The lowest BCUT2D eigenvalue weighted by molar-refractivity contribution is -0.0350. The van der Waals surface area contributed by atoms with Crippen LogP contribution in [0.4, 0.5) is 0 Å². The summed E-state index contributed by atoms with van der Waals surface area (Å²) in [6, 6.07) is 6.05. The van der Waals surface area contributed by atoms with Gasteiger partial charge in [-0.25, -0.2) is 4.98 Å². The van der Waals surface area contributed by atoms with Gasteiger partial charge in [-0.3, -0.25) is 14.7 Å². The molecule has 130 valence electrons. The molecule has 1 N–H and O–H groups in total. The third kappa shape index (κ3) is 3.47. The summed E-state index contributed by atoms with van der Waals surface area (Å²) in [6.07, 6.45) is 5.71. The molecule has 0 aromatic carbocycles. The van der Waals surface area contributed by atoms with Crippen molar-refractivity contribution in [2.24, 2.45) is 7.05 Å². The van der Waals surface area contributed by atoms with Crippen LogP contribution in [-0.4, -0.2) is 49.6 Å². The van der Waals surface area contributed by atoms with Crippen LogP contribution in [0, 0.1) is 6.92 Å². The number of aromatic nitrogens is 5. The zero-order chi connectivity index (χ0) is 17.2. The van der Waals surface area contributed by atoms with E-state index in [1.807, 2.05) is 36.1 Å². The molecule has 25 heavy (non-hydrogen) atoms. The molecule has 0 aliphatic carbocycles. The van der Waals surface area contributed by atoms with Gasteiger partial charge in [-0.05, 0) is 19.1 Å². The summed E-state index contributed by atoms with van der Waals surface area (Å²) in [4.78, 5) is 7.18. The Labute approximate surface area is 146 Å². The topological polar surface area (TPSA) is 71.9 Å². The van der Waals surface area contributed by atoms with Gasteiger partial charge >= 0.3 is 0 Å². The van der Waals surface area contributed by atoms with E-state index < -0.39 is 0 Å². The molecule has 0 bridgehead atoms. The van der Waals surface area contributed by atoms with Gasteiger partial charge in [0, 0.05) is 50.2 Å². The maximum Gasteiger partial charge on any atom is 0.112 e. The molecule has 1 aliphatic heterocycles. The average molecular weight is 338 g/mol. The number of pyridine rings is 1. The van der Waals surface area contributed by atoms with Crippen LogP contribution in [0.5, 0.6) is 0 Å². The first-order valence-electron chi connectivity index (χ1n) is 8.48. The van der Waals surface area contributed by atoms with E-state index in [0.29, 0.717) is 6.61 Å². The highest BCUT2D eigenvalue weighted by Gasteiger charge is 2.24. The first-order chi connectivity index (χ1) is 12.2. The number of aryl methyl sites for hydroxylation is 2. The number of ether oxygens (including phenoxy) is 1. The Balaban J connectivity index is 1.49. The number of hydrogen-bond donors (Lipinski definition) is 1. The summed E-state index contributed by atoms with van der Waals surface area (Å²) in [6.45, 7) is 5.41. The molecule has 0 spiro atoms. The Hall–Kier alpha value is -2.51. The Morgan fingerprint density at radius 3 is 3.04 bits per heavy atom. The van der Waals surface area contributed by atoms with E-state index in [4.69, 9.17) is 9.72 Å². The second-order valence-electron chi connectivity index (χ2n) is 6.44. The fourth-order valence-corrected chi connectivity index (χ4v) is 3.25. The molecular formula is C18H22N6O. The maximum atomic E-state index is 5.99. The highest BCUT2D eigenvalue weighted by molar-refractivity contribution is 5.56. The summed E-state index contributed by atoms with van der Waals surface area (Å²) in [7, 11) is 1.96. The molecule has 7 heteroatoms. The molecule has 0 unspecified atom stereocenters. The van der Waals surface area contributed by atoms with Crippen LogP contribution in [0.25, 0.3) is 11.3 Å². The molecule has 0 amide bonds. The second-order valence-corrected chi connectivity index (χ2v) is 6.44. The molecule has 1 atom stereocenters. The van der Waals surface area contributed by atoms with Gasteiger partial charge in [-0.2, -0.15) is 10.2 Å². The normalized spacial score (nSPS) is 18.6. The van der Waals surface area contributed by atoms with Crippen molar-refractivity contribution in [1.29, 1.82) is 0 Å². The number of hydrogen-bond acceptors (Lipinski definition) is 5. The Morgan fingerprint density at radius 1 is 1.36 bits per heavy atom. The van der Waals surface area contributed by atoms with E-state index in [2.05, 4.69) is 33.3 Å². The van der Waals surface area contributed by atoms with Gasteiger partial charge in [0.05, 0.1) is 29.9 Å². The van der Waals surface area contributed by atoms with Gasteiger partial charge in [0.15, 0.2) is 0 Å². The number of nitrogens with zero attached hydrogens (tertiary/aromatic N) is 5. The molecule has 4 heterocycles. The minimum absolute atomic E-state index is 0.0161. The minimum Gasteiger partial charge on any atom is -0.369 e. The van der Waals surface area contributed by atoms with Crippen molar-refractivity contribution in [3.8, 4) is 11.3 Å². The molecule has 1 fully saturated rings. The summed E-state index contributed by atoms with van der Waals surface area (Å²) in [5.74, 6) is 0. The van der Waals surface area contributed by atoms with E-state index in [1.54, 1.807) is 6.20 Å². The van der Waals surface area contributed by atoms with Crippen LogP contribution in [0.3, 0.4) is 0 Å². The van der Waals surface area contributed by atoms with Gasteiger partial charge in [0.1, 0.15) is 6.10 Å².